The lowest BCUT2D eigenvalue weighted by molar-refractivity contribution is 0.0977. The Morgan fingerprint density at radius 1 is 1.50 bits per heavy atom. The van der Waals surface area contributed by atoms with E-state index in [0.717, 1.165) is 5.75 Å². The Kier molecular flexibility index (Phi) is 4.15. The van der Waals surface area contributed by atoms with Gasteiger partial charge in [0.2, 0.25) is 5.43 Å². The molecule has 0 saturated heterocycles. The number of fused-ring (bicyclic) bond motifs is 1. The fraction of sp³-hybridized carbons (Fsp3) is 0.267. The third-order valence-corrected chi connectivity index (χ3v) is 4.11. The number of thioether (sulfide) groups is 1. The average molecular weight is 317 g/mol. The number of carbonyl (C=O) groups excluding carboxylic acids is 1. The molecule has 0 spiro atoms. The number of aromatic amines is 1. The molecule has 2 aromatic rings. The molecule has 7 heteroatoms. The number of hydrogen-bond acceptors (Lipinski definition) is 5. The number of rotatable bonds is 3. The third-order valence-electron chi connectivity index (χ3n) is 3.21. The Bertz CT molecular complexity index is 813. The van der Waals surface area contributed by atoms with Crippen molar-refractivity contribution in [2.24, 2.45) is 4.99 Å². The van der Waals surface area contributed by atoms with E-state index in [9.17, 15) is 9.59 Å². The zero-order valence-corrected chi connectivity index (χ0v) is 12.8. The molecule has 0 aliphatic carbocycles. The van der Waals surface area contributed by atoms with Gasteiger partial charge in [-0.25, -0.2) is 0 Å². The van der Waals surface area contributed by atoms with E-state index in [0.29, 0.717) is 35.0 Å². The second-order valence-electron chi connectivity index (χ2n) is 4.66. The molecule has 1 aliphatic rings. The van der Waals surface area contributed by atoms with Gasteiger partial charge in [-0.2, -0.15) is 0 Å². The number of aromatic nitrogens is 1. The van der Waals surface area contributed by atoms with Crippen LogP contribution >= 0.6 is 11.8 Å². The number of carbonyl (C=O) groups is 1. The van der Waals surface area contributed by atoms with Crippen LogP contribution in [-0.4, -0.2) is 35.0 Å². The van der Waals surface area contributed by atoms with Crippen molar-refractivity contribution in [1.82, 2.24) is 10.3 Å². The molecule has 0 atom stereocenters. The summed E-state index contributed by atoms with van der Waals surface area (Å²) in [4.78, 5) is 31.9. The van der Waals surface area contributed by atoms with Crippen molar-refractivity contribution in [3.05, 3.63) is 40.2 Å². The zero-order valence-electron chi connectivity index (χ0n) is 12.0. The lowest BCUT2D eigenvalue weighted by atomic mass is 10.1. The van der Waals surface area contributed by atoms with Gasteiger partial charge in [-0.05, 0) is 25.1 Å². The van der Waals surface area contributed by atoms with E-state index in [1.165, 1.54) is 18.0 Å². The number of aliphatic imine (C=N–C) groups is 1. The number of amides is 1. The van der Waals surface area contributed by atoms with Crippen molar-refractivity contribution in [2.45, 2.75) is 6.92 Å². The van der Waals surface area contributed by atoms with Gasteiger partial charge < -0.3 is 15.0 Å². The number of amidine groups is 1. The maximum absolute atomic E-state index is 12.5. The molecule has 6 nitrogen and oxygen atoms in total. The van der Waals surface area contributed by atoms with Crippen molar-refractivity contribution in [3.63, 3.8) is 0 Å². The first-order valence-electron chi connectivity index (χ1n) is 6.96. The summed E-state index contributed by atoms with van der Waals surface area (Å²) in [6.07, 6.45) is 1.43. The molecule has 2 N–H and O–H groups in total. The normalized spacial score (nSPS) is 14.0. The molecule has 0 saturated carbocycles. The van der Waals surface area contributed by atoms with Crippen molar-refractivity contribution >= 4 is 33.7 Å². The first kappa shape index (κ1) is 14.6. The number of ether oxygens (including phenoxy) is 1. The first-order chi connectivity index (χ1) is 10.7. The van der Waals surface area contributed by atoms with E-state index in [2.05, 4.69) is 15.3 Å². The summed E-state index contributed by atoms with van der Waals surface area (Å²) in [6.45, 7) is 3.07. The van der Waals surface area contributed by atoms with Gasteiger partial charge in [-0.15, -0.1) is 0 Å². The minimum atomic E-state index is -0.446. The van der Waals surface area contributed by atoms with E-state index in [4.69, 9.17) is 4.74 Å². The molecule has 1 aromatic heterocycles. The third kappa shape index (κ3) is 2.85. The van der Waals surface area contributed by atoms with Crippen LogP contribution in [-0.2, 0) is 0 Å². The maximum atomic E-state index is 12.5. The van der Waals surface area contributed by atoms with Crippen LogP contribution in [0.1, 0.15) is 17.3 Å². The summed E-state index contributed by atoms with van der Waals surface area (Å²) < 4.78 is 5.40. The Labute approximate surface area is 131 Å². The summed E-state index contributed by atoms with van der Waals surface area (Å²) in [5.41, 5.74) is 0.408. The average Bonchev–Trinajstić information content (AvgIpc) is 3.01. The van der Waals surface area contributed by atoms with Crippen LogP contribution in [0.4, 0.5) is 0 Å². The van der Waals surface area contributed by atoms with E-state index >= 15 is 0 Å². The monoisotopic (exact) mass is 317 g/mol. The fourth-order valence-corrected chi connectivity index (χ4v) is 2.92. The highest BCUT2D eigenvalue weighted by molar-refractivity contribution is 8.14. The molecule has 3 rings (SSSR count). The number of H-pyrrole nitrogens is 1. The molecule has 22 heavy (non-hydrogen) atoms. The van der Waals surface area contributed by atoms with Gasteiger partial charge in [0.15, 0.2) is 5.17 Å². The standard InChI is InChI=1S/C15H15N3O3S/c1-2-21-9-3-4-12-10(7-9)13(19)11(8-17-12)14(20)18-15-16-5-6-22-15/h3-4,7-8H,2,5-6H2,1H3,(H,17,19)(H,16,18,20). The summed E-state index contributed by atoms with van der Waals surface area (Å²) in [6, 6.07) is 5.20. The number of benzene rings is 1. The second kappa shape index (κ2) is 6.23. The van der Waals surface area contributed by atoms with Gasteiger partial charge in [0, 0.05) is 22.9 Å². The molecule has 0 fully saturated rings. The van der Waals surface area contributed by atoms with Crippen LogP contribution in [0.25, 0.3) is 10.9 Å². The maximum Gasteiger partial charge on any atom is 0.262 e. The van der Waals surface area contributed by atoms with Gasteiger partial charge in [-0.3, -0.25) is 14.6 Å². The largest absolute Gasteiger partial charge is 0.494 e. The number of nitrogens with zero attached hydrogens (tertiary/aromatic N) is 1. The highest BCUT2D eigenvalue weighted by Gasteiger charge is 2.17. The minimum Gasteiger partial charge on any atom is -0.494 e. The lowest BCUT2D eigenvalue weighted by Crippen LogP contribution is -2.31. The smallest absolute Gasteiger partial charge is 0.262 e. The molecule has 1 amide bonds. The molecule has 114 valence electrons. The van der Waals surface area contributed by atoms with E-state index in [1.54, 1.807) is 18.2 Å². The van der Waals surface area contributed by atoms with Crippen molar-refractivity contribution < 1.29 is 9.53 Å². The highest BCUT2D eigenvalue weighted by atomic mass is 32.2. The van der Waals surface area contributed by atoms with Gasteiger partial charge in [0.05, 0.1) is 13.2 Å². The number of nitrogens with one attached hydrogen (secondary N) is 2. The van der Waals surface area contributed by atoms with Gasteiger partial charge in [-0.1, -0.05) is 11.8 Å². The predicted molar refractivity (Wildman–Crippen MR) is 88.0 cm³/mol. The van der Waals surface area contributed by atoms with Crippen LogP contribution in [0, 0.1) is 0 Å². The van der Waals surface area contributed by atoms with Crippen LogP contribution in [0.2, 0.25) is 0 Å². The first-order valence-corrected chi connectivity index (χ1v) is 7.94. The quantitative estimate of drug-likeness (QED) is 0.903. The number of pyridine rings is 1. The summed E-state index contributed by atoms with van der Waals surface area (Å²) in [7, 11) is 0. The molecule has 1 aliphatic heterocycles. The van der Waals surface area contributed by atoms with Crippen LogP contribution in [0.3, 0.4) is 0 Å². The molecular weight excluding hydrogens is 302 g/mol. The van der Waals surface area contributed by atoms with Gasteiger partial charge in [0.25, 0.3) is 5.91 Å². The zero-order chi connectivity index (χ0) is 15.5. The van der Waals surface area contributed by atoms with Crippen LogP contribution < -0.4 is 15.5 Å². The molecular formula is C15H15N3O3S. The Hall–Kier alpha value is -2.28. The van der Waals surface area contributed by atoms with Crippen molar-refractivity contribution in [2.75, 3.05) is 18.9 Å². The second-order valence-corrected chi connectivity index (χ2v) is 5.74. The van der Waals surface area contributed by atoms with Gasteiger partial charge >= 0.3 is 0 Å². The molecule has 0 bridgehead atoms. The Morgan fingerprint density at radius 2 is 2.36 bits per heavy atom. The Balaban J connectivity index is 1.97. The predicted octanol–water partition coefficient (Wildman–Crippen LogP) is 1.76. The summed E-state index contributed by atoms with van der Waals surface area (Å²) >= 11 is 1.47. The highest BCUT2D eigenvalue weighted by Crippen LogP contribution is 2.17. The Morgan fingerprint density at radius 3 is 3.09 bits per heavy atom. The molecule has 0 unspecified atom stereocenters. The number of hydrogen-bond donors (Lipinski definition) is 2. The summed E-state index contributed by atoms with van der Waals surface area (Å²) in [5.74, 6) is 1.01. The lowest BCUT2D eigenvalue weighted by Gasteiger charge is -2.07. The summed E-state index contributed by atoms with van der Waals surface area (Å²) in [5, 5.41) is 3.66. The SMILES string of the molecule is CCOc1ccc2[nH]cc(C(=O)NC3=NCCS3)c(=O)c2c1. The molecule has 0 radical (unpaired) electrons. The molecule has 2 heterocycles. The van der Waals surface area contributed by atoms with E-state index in [1.807, 2.05) is 6.92 Å². The fourth-order valence-electron chi connectivity index (χ4n) is 2.20. The molecule has 1 aromatic carbocycles. The van der Waals surface area contributed by atoms with Crippen LogP contribution in [0.5, 0.6) is 5.75 Å². The van der Waals surface area contributed by atoms with Crippen molar-refractivity contribution in [1.29, 1.82) is 0 Å². The van der Waals surface area contributed by atoms with Crippen molar-refractivity contribution in [3.8, 4) is 5.75 Å². The van der Waals surface area contributed by atoms with E-state index < -0.39 is 5.91 Å². The van der Waals surface area contributed by atoms with Gasteiger partial charge in [0.1, 0.15) is 11.3 Å². The van der Waals surface area contributed by atoms with Crippen LogP contribution in [0.15, 0.2) is 34.2 Å². The minimum absolute atomic E-state index is 0.0661. The van der Waals surface area contributed by atoms with E-state index in [-0.39, 0.29) is 11.0 Å². The topological polar surface area (TPSA) is 83.6 Å².